The lowest BCUT2D eigenvalue weighted by Crippen LogP contribution is -2.40. The van der Waals surface area contributed by atoms with Crippen LogP contribution in [-0.2, 0) is 0 Å². The molecule has 202 valence electrons. The van der Waals surface area contributed by atoms with Crippen molar-refractivity contribution in [3.05, 3.63) is 125 Å². The van der Waals surface area contributed by atoms with E-state index in [0.717, 1.165) is 22.7 Å². The summed E-state index contributed by atoms with van der Waals surface area (Å²) in [6, 6.07) is 37.6. The number of aryl methyl sites for hydroxylation is 4. The van der Waals surface area contributed by atoms with Gasteiger partial charge in [0.05, 0.1) is 8.07 Å². The summed E-state index contributed by atoms with van der Waals surface area (Å²) in [5, 5.41) is 8.97. The zero-order chi connectivity index (χ0) is 28.4. The molecule has 0 bridgehead atoms. The molecule has 5 rings (SSSR count). The topological polar surface area (TPSA) is 24.1 Å². The first kappa shape index (κ1) is 27.5. The molecule has 2 N–H and O–H groups in total. The molecule has 0 heterocycles. The fraction of sp³-hybridized carbons (Fsp3) is 0.189. The first-order chi connectivity index (χ1) is 19.1. The van der Waals surface area contributed by atoms with Crippen LogP contribution in [0.4, 0.5) is 22.7 Å². The second kappa shape index (κ2) is 11.2. The van der Waals surface area contributed by atoms with Gasteiger partial charge in [0.2, 0.25) is 0 Å². The molecule has 5 aromatic carbocycles. The fourth-order valence-electron chi connectivity index (χ4n) is 5.87. The van der Waals surface area contributed by atoms with Crippen LogP contribution in [0.25, 0.3) is 22.3 Å². The average Bonchev–Trinajstić information content (AvgIpc) is 2.87. The molecule has 0 amide bonds. The minimum atomic E-state index is -1.81. The van der Waals surface area contributed by atoms with Crippen LogP contribution in [0.3, 0.4) is 0 Å². The Labute approximate surface area is 241 Å². The Morgan fingerprint density at radius 3 is 1.15 bits per heavy atom. The minimum absolute atomic E-state index is 1.12. The summed E-state index contributed by atoms with van der Waals surface area (Å²) in [6.07, 6.45) is 0. The van der Waals surface area contributed by atoms with Crippen LogP contribution >= 0.6 is 0 Å². The summed E-state index contributed by atoms with van der Waals surface area (Å²) in [7, 11) is -1.81. The number of para-hydroxylation sites is 2. The van der Waals surface area contributed by atoms with Crippen LogP contribution in [-0.4, -0.2) is 8.07 Å². The summed E-state index contributed by atoms with van der Waals surface area (Å²) in [4.78, 5) is 0. The summed E-state index contributed by atoms with van der Waals surface area (Å²) in [5.41, 5.74) is 14.6. The van der Waals surface area contributed by atoms with Gasteiger partial charge in [-0.3, -0.25) is 0 Å². The van der Waals surface area contributed by atoms with Crippen molar-refractivity contribution in [1.29, 1.82) is 0 Å². The van der Waals surface area contributed by atoms with Gasteiger partial charge in [-0.1, -0.05) is 86.4 Å². The zero-order valence-electron chi connectivity index (χ0n) is 24.8. The third-order valence-corrected chi connectivity index (χ3v) is 9.29. The number of anilines is 4. The maximum atomic E-state index is 3.75. The molecule has 0 saturated heterocycles. The average molecular weight is 541 g/mol. The highest BCUT2D eigenvalue weighted by molar-refractivity contribution is 6.90. The summed E-state index contributed by atoms with van der Waals surface area (Å²) >= 11 is 0. The maximum absolute atomic E-state index is 3.75. The Kier molecular flexibility index (Phi) is 7.69. The molecule has 0 radical (unpaired) electrons. The van der Waals surface area contributed by atoms with Gasteiger partial charge in [0, 0.05) is 33.9 Å². The van der Waals surface area contributed by atoms with Gasteiger partial charge in [-0.25, -0.2) is 0 Å². The smallest absolute Gasteiger partial charge is 0.0792 e. The molecule has 5 aromatic rings. The Morgan fingerprint density at radius 2 is 0.775 bits per heavy atom. The van der Waals surface area contributed by atoms with Crippen molar-refractivity contribution in [3.63, 3.8) is 0 Å². The van der Waals surface area contributed by atoms with Crippen molar-refractivity contribution in [2.75, 3.05) is 10.6 Å². The molecule has 0 saturated carbocycles. The number of benzene rings is 5. The lowest BCUT2D eigenvalue weighted by Gasteiger charge is -2.27. The minimum Gasteiger partial charge on any atom is -0.355 e. The normalized spacial score (nSPS) is 11.4. The fourth-order valence-corrected chi connectivity index (χ4v) is 7.92. The van der Waals surface area contributed by atoms with Crippen LogP contribution in [0, 0.1) is 27.7 Å². The summed E-state index contributed by atoms with van der Waals surface area (Å²) < 4.78 is 0. The van der Waals surface area contributed by atoms with Crippen molar-refractivity contribution >= 4 is 36.0 Å². The molecule has 0 spiro atoms. The molecule has 0 aliphatic heterocycles. The number of rotatable bonds is 7. The molecular formula is C37H40N2Si. The predicted molar refractivity (Wildman–Crippen MR) is 179 cm³/mol. The van der Waals surface area contributed by atoms with Crippen molar-refractivity contribution in [2.24, 2.45) is 0 Å². The van der Waals surface area contributed by atoms with Crippen LogP contribution < -0.4 is 15.8 Å². The van der Waals surface area contributed by atoms with Gasteiger partial charge in [0.25, 0.3) is 0 Å². The lowest BCUT2D eigenvalue weighted by molar-refractivity contribution is 1.37. The summed E-state index contributed by atoms with van der Waals surface area (Å²) in [5.74, 6) is 0. The first-order valence-corrected chi connectivity index (χ1v) is 17.6. The van der Waals surface area contributed by atoms with Crippen LogP contribution in [0.5, 0.6) is 0 Å². The third kappa shape index (κ3) is 6.05. The second-order valence-corrected chi connectivity index (χ2v) is 17.1. The van der Waals surface area contributed by atoms with Crippen molar-refractivity contribution in [3.8, 4) is 22.3 Å². The SMILES string of the molecule is Cc1cc(C)cc(Nc2ccccc2-c2cccc(-c3ccccc3Nc3cc(C)cc(C)c3)c2[Si](C)(C)C)c1. The molecule has 0 atom stereocenters. The number of hydrogen-bond acceptors (Lipinski definition) is 2. The van der Waals surface area contributed by atoms with E-state index < -0.39 is 8.07 Å². The Balaban J connectivity index is 1.66. The highest BCUT2D eigenvalue weighted by Gasteiger charge is 2.27. The van der Waals surface area contributed by atoms with E-state index in [-0.39, 0.29) is 0 Å². The monoisotopic (exact) mass is 540 g/mol. The van der Waals surface area contributed by atoms with Gasteiger partial charge >= 0.3 is 0 Å². The van der Waals surface area contributed by atoms with Crippen molar-refractivity contribution < 1.29 is 0 Å². The van der Waals surface area contributed by atoms with E-state index in [9.17, 15) is 0 Å². The number of nitrogens with one attached hydrogen (secondary N) is 2. The molecule has 0 aliphatic rings. The second-order valence-electron chi connectivity index (χ2n) is 12.1. The van der Waals surface area contributed by atoms with E-state index in [1.165, 1.54) is 49.7 Å². The molecule has 0 unspecified atom stereocenters. The van der Waals surface area contributed by atoms with Gasteiger partial charge < -0.3 is 10.6 Å². The van der Waals surface area contributed by atoms with E-state index in [0.29, 0.717) is 0 Å². The first-order valence-electron chi connectivity index (χ1n) is 14.1. The van der Waals surface area contributed by atoms with E-state index in [1.807, 2.05) is 0 Å². The zero-order valence-corrected chi connectivity index (χ0v) is 25.8. The van der Waals surface area contributed by atoms with E-state index in [4.69, 9.17) is 0 Å². The van der Waals surface area contributed by atoms with Gasteiger partial charge in [0.15, 0.2) is 0 Å². The van der Waals surface area contributed by atoms with Gasteiger partial charge in [-0.05, 0) is 103 Å². The van der Waals surface area contributed by atoms with Crippen LogP contribution in [0.2, 0.25) is 19.6 Å². The molecule has 2 nitrogen and oxygen atoms in total. The van der Waals surface area contributed by atoms with E-state index >= 15 is 0 Å². The van der Waals surface area contributed by atoms with Gasteiger partial charge in [0.1, 0.15) is 0 Å². The van der Waals surface area contributed by atoms with Crippen molar-refractivity contribution in [1.82, 2.24) is 0 Å². The van der Waals surface area contributed by atoms with Gasteiger partial charge in [-0.15, -0.1) is 0 Å². The standard InChI is InChI=1S/C37H40N2Si/c1-25-19-26(2)22-29(21-25)38-35-17-10-8-13-31(35)33-15-12-16-34(37(33)40(5,6)7)32-14-9-11-18-36(32)39-30-23-27(3)20-28(4)24-30/h8-24,38-39H,1-7H3. The quantitative estimate of drug-likeness (QED) is 0.201. The van der Waals surface area contributed by atoms with Crippen LogP contribution in [0.1, 0.15) is 22.3 Å². The highest BCUT2D eigenvalue weighted by atomic mass is 28.3. The summed E-state index contributed by atoms with van der Waals surface area (Å²) in [6.45, 7) is 16.0. The van der Waals surface area contributed by atoms with Crippen molar-refractivity contribution in [2.45, 2.75) is 47.3 Å². The Bertz CT molecular complexity index is 1520. The molecule has 40 heavy (non-hydrogen) atoms. The largest absolute Gasteiger partial charge is 0.355 e. The molecule has 0 fully saturated rings. The van der Waals surface area contributed by atoms with Gasteiger partial charge in [-0.2, -0.15) is 0 Å². The van der Waals surface area contributed by atoms with E-state index in [2.05, 4.69) is 161 Å². The maximum Gasteiger partial charge on any atom is 0.0792 e. The molecule has 0 aliphatic carbocycles. The number of hydrogen-bond donors (Lipinski definition) is 2. The third-order valence-electron chi connectivity index (χ3n) is 7.25. The molecule has 3 heteroatoms. The molecular weight excluding hydrogens is 501 g/mol. The lowest BCUT2D eigenvalue weighted by atomic mass is 9.96. The Morgan fingerprint density at radius 1 is 0.425 bits per heavy atom. The van der Waals surface area contributed by atoms with E-state index in [1.54, 1.807) is 0 Å². The Hall–Kier alpha value is -4.08. The van der Waals surface area contributed by atoms with Crippen LogP contribution in [0.15, 0.2) is 103 Å². The highest BCUT2D eigenvalue weighted by Crippen LogP contribution is 2.37. The predicted octanol–water partition coefficient (Wildman–Crippen LogP) is 10.3. The molecule has 0 aromatic heterocycles.